The lowest BCUT2D eigenvalue weighted by Crippen LogP contribution is -2.44. The molecule has 0 bridgehead atoms. The maximum absolute atomic E-state index is 12.3. The Balaban J connectivity index is 1.77. The van der Waals surface area contributed by atoms with E-state index >= 15 is 0 Å². The first-order valence-corrected chi connectivity index (χ1v) is 11.4. The van der Waals surface area contributed by atoms with Gasteiger partial charge in [-0.25, -0.2) is 4.45 Å². The summed E-state index contributed by atoms with van der Waals surface area (Å²) in [6, 6.07) is 0. The van der Waals surface area contributed by atoms with Crippen LogP contribution in [0.5, 0.6) is 0 Å². The molecular weight excluding hydrogens is 428 g/mol. The lowest BCUT2D eigenvalue weighted by atomic mass is 10.0. The summed E-state index contributed by atoms with van der Waals surface area (Å²) in [6.07, 6.45) is 7.43. The molecule has 1 fully saturated rings. The van der Waals surface area contributed by atoms with Gasteiger partial charge in [-0.05, 0) is 40.8 Å². The summed E-state index contributed by atoms with van der Waals surface area (Å²) in [7, 11) is 0. The minimum absolute atomic E-state index is 0.438. The Morgan fingerprint density at radius 1 is 1.39 bits per heavy atom. The summed E-state index contributed by atoms with van der Waals surface area (Å²) in [5.41, 5.74) is 1.36. The van der Waals surface area contributed by atoms with Gasteiger partial charge >= 0.3 is 11.8 Å². The molecule has 2 amide bonds. The predicted octanol–water partition coefficient (Wildman–Crippen LogP) is 2.42. The third-order valence-electron chi connectivity index (χ3n) is 3.96. The molecule has 122 valence electrons. The molecule has 1 aliphatic heterocycles. The number of fused-ring (bicyclic) bond motifs is 1. The third kappa shape index (κ3) is 3.47. The molecule has 0 saturated carbocycles. The van der Waals surface area contributed by atoms with E-state index in [9.17, 15) is 9.59 Å². The van der Waals surface area contributed by atoms with Crippen molar-refractivity contribution in [3.8, 4) is 0 Å². The van der Waals surface area contributed by atoms with E-state index in [0.717, 1.165) is 23.7 Å². The molecule has 2 atom stereocenters. The van der Waals surface area contributed by atoms with Crippen LogP contribution in [0.2, 0.25) is 0 Å². The zero-order valence-electron chi connectivity index (χ0n) is 12.6. The summed E-state index contributed by atoms with van der Waals surface area (Å²) >= 11 is 2.23. The molecule has 1 aliphatic rings. The van der Waals surface area contributed by atoms with Crippen LogP contribution >= 0.6 is 28.4 Å². The van der Waals surface area contributed by atoms with Gasteiger partial charge in [-0.2, -0.15) is 5.10 Å². The predicted molar refractivity (Wildman–Crippen MR) is 98.9 cm³/mol. The first kappa shape index (κ1) is 16.6. The summed E-state index contributed by atoms with van der Waals surface area (Å²) in [4.78, 5) is 30.4. The molecule has 9 heteroatoms. The topological polar surface area (TPSA) is 80.1 Å². The van der Waals surface area contributed by atoms with Crippen molar-refractivity contribution >= 4 is 56.8 Å². The molecule has 0 aliphatic carbocycles. The highest BCUT2D eigenvalue weighted by atomic mass is 127. The van der Waals surface area contributed by atoms with Gasteiger partial charge in [-0.15, -0.1) is 0 Å². The van der Waals surface area contributed by atoms with Crippen LogP contribution in [0, 0.1) is 5.92 Å². The minimum atomic E-state index is -0.613. The van der Waals surface area contributed by atoms with Gasteiger partial charge < -0.3 is 10.2 Å². The monoisotopic (exact) mass is 445 g/mol. The van der Waals surface area contributed by atoms with Crippen LogP contribution in [0.25, 0.3) is 10.9 Å². The Labute approximate surface area is 148 Å². The lowest BCUT2D eigenvalue weighted by molar-refractivity contribution is -0.144. The van der Waals surface area contributed by atoms with E-state index < -0.39 is 11.8 Å². The Bertz CT molecular complexity index is 750. The SMILES string of the molecule is CC1CCCN(C(=O)C(=O)Nc2cncc3c2cnn3PI)C1. The van der Waals surface area contributed by atoms with Crippen molar-refractivity contribution in [2.24, 2.45) is 5.92 Å². The molecule has 2 unspecified atom stereocenters. The van der Waals surface area contributed by atoms with Crippen LogP contribution in [0.4, 0.5) is 5.69 Å². The number of hydrogen-bond donors (Lipinski definition) is 1. The highest BCUT2D eigenvalue weighted by Gasteiger charge is 2.26. The molecule has 3 heterocycles. The minimum Gasteiger partial charge on any atom is -0.334 e. The van der Waals surface area contributed by atoms with Crippen LogP contribution in [0.1, 0.15) is 19.8 Å². The fourth-order valence-electron chi connectivity index (χ4n) is 2.80. The van der Waals surface area contributed by atoms with Gasteiger partial charge in [0, 0.05) is 18.5 Å². The van der Waals surface area contributed by atoms with Gasteiger partial charge in [0.1, 0.15) is 0 Å². The van der Waals surface area contributed by atoms with Crippen molar-refractivity contribution in [3.63, 3.8) is 0 Å². The maximum Gasteiger partial charge on any atom is 0.313 e. The number of amides is 2. The van der Waals surface area contributed by atoms with E-state index in [1.165, 1.54) is 0 Å². The number of anilines is 1. The standard InChI is InChI=1S/C14H17IN5O2P/c1-9-3-2-4-19(8-9)14(22)13(21)18-11-6-16-7-12-10(11)5-17-20(12)23-15/h5-7,9,23H,2-4,8H2,1H3,(H,18,21). The molecule has 1 N–H and O–H groups in total. The number of rotatable bonds is 2. The number of halogens is 1. The zero-order chi connectivity index (χ0) is 16.4. The number of nitrogens with one attached hydrogen (secondary N) is 1. The molecule has 0 aromatic carbocycles. The number of aromatic nitrogens is 3. The van der Waals surface area contributed by atoms with Gasteiger partial charge in [0.25, 0.3) is 0 Å². The van der Waals surface area contributed by atoms with Crippen molar-refractivity contribution < 1.29 is 9.59 Å². The van der Waals surface area contributed by atoms with E-state index in [0.29, 0.717) is 31.1 Å². The second-order valence-electron chi connectivity index (χ2n) is 5.71. The zero-order valence-corrected chi connectivity index (χ0v) is 15.8. The van der Waals surface area contributed by atoms with E-state index in [-0.39, 0.29) is 0 Å². The first-order valence-electron chi connectivity index (χ1n) is 7.38. The number of pyridine rings is 1. The molecule has 0 spiro atoms. The van der Waals surface area contributed by atoms with Crippen LogP contribution in [0.3, 0.4) is 0 Å². The Morgan fingerprint density at radius 2 is 2.22 bits per heavy atom. The van der Waals surface area contributed by atoms with Crippen LogP contribution < -0.4 is 5.32 Å². The highest BCUT2D eigenvalue weighted by molar-refractivity contribution is 14.2. The number of carbonyl (C=O) groups excluding carboxylic acids is 2. The maximum atomic E-state index is 12.3. The summed E-state index contributed by atoms with van der Waals surface area (Å²) in [6.45, 7) is 3.39. The smallest absolute Gasteiger partial charge is 0.313 e. The number of likely N-dealkylation sites (tertiary alicyclic amines) is 1. The number of hydrogen-bond acceptors (Lipinski definition) is 4. The second kappa shape index (κ2) is 7.09. The highest BCUT2D eigenvalue weighted by Crippen LogP contribution is 2.30. The Morgan fingerprint density at radius 3 is 2.96 bits per heavy atom. The second-order valence-corrected chi connectivity index (χ2v) is 7.75. The molecule has 2 aromatic rings. The first-order chi connectivity index (χ1) is 11.1. The van der Waals surface area contributed by atoms with Crippen molar-refractivity contribution in [1.82, 2.24) is 19.4 Å². The number of carbonyl (C=O) groups is 2. The summed E-state index contributed by atoms with van der Waals surface area (Å²) in [5.74, 6) is -0.650. The van der Waals surface area contributed by atoms with Crippen molar-refractivity contribution in [3.05, 3.63) is 18.6 Å². The van der Waals surface area contributed by atoms with Gasteiger partial charge in [-0.1, -0.05) is 6.92 Å². The van der Waals surface area contributed by atoms with Gasteiger partial charge in [0.15, 0.2) is 0 Å². The molecule has 1 saturated heterocycles. The van der Waals surface area contributed by atoms with Crippen molar-refractivity contribution in [1.29, 1.82) is 0 Å². The molecule has 3 rings (SSSR count). The summed E-state index contributed by atoms with van der Waals surface area (Å²) in [5, 5.41) is 7.74. The van der Waals surface area contributed by atoms with Crippen molar-refractivity contribution in [2.45, 2.75) is 19.8 Å². The average molecular weight is 445 g/mol. The molecule has 0 radical (unpaired) electrons. The van der Waals surface area contributed by atoms with Gasteiger partial charge in [-0.3, -0.25) is 14.6 Å². The molecule has 7 nitrogen and oxygen atoms in total. The van der Waals surface area contributed by atoms with E-state index in [4.69, 9.17) is 0 Å². The number of nitrogens with zero attached hydrogens (tertiary/aromatic N) is 4. The summed E-state index contributed by atoms with van der Waals surface area (Å²) < 4.78 is 1.81. The fourth-order valence-corrected chi connectivity index (χ4v) is 4.33. The van der Waals surface area contributed by atoms with E-state index in [2.05, 4.69) is 44.4 Å². The van der Waals surface area contributed by atoms with Crippen LogP contribution in [0.15, 0.2) is 18.6 Å². The van der Waals surface area contributed by atoms with Crippen LogP contribution in [-0.4, -0.2) is 44.3 Å². The molecule has 23 heavy (non-hydrogen) atoms. The normalized spacial score (nSPS) is 18.7. The third-order valence-corrected chi connectivity index (χ3v) is 5.85. The van der Waals surface area contributed by atoms with E-state index in [1.807, 2.05) is 4.45 Å². The Kier molecular flexibility index (Phi) is 5.11. The Hall–Kier alpha value is -1.28. The van der Waals surface area contributed by atoms with Gasteiger partial charge in [0.2, 0.25) is 0 Å². The van der Waals surface area contributed by atoms with Crippen LogP contribution in [-0.2, 0) is 9.59 Å². The largest absolute Gasteiger partial charge is 0.334 e. The average Bonchev–Trinajstić information content (AvgIpc) is 2.98. The number of piperidine rings is 1. The van der Waals surface area contributed by atoms with Gasteiger partial charge in [0.05, 0.1) is 36.2 Å². The molecule has 2 aromatic heterocycles. The fraction of sp³-hybridized carbons (Fsp3) is 0.429. The lowest BCUT2D eigenvalue weighted by Gasteiger charge is -2.30. The quantitative estimate of drug-likeness (QED) is 0.438. The van der Waals surface area contributed by atoms with E-state index in [1.54, 1.807) is 23.5 Å². The molecular formula is C14H17IN5O2P. The van der Waals surface area contributed by atoms with Crippen molar-refractivity contribution in [2.75, 3.05) is 18.4 Å².